The van der Waals surface area contributed by atoms with Crippen LogP contribution in [-0.4, -0.2) is 27.5 Å². The summed E-state index contributed by atoms with van der Waals surface area (Å²) >= 11 is 0. The van der Waals surface area contributed by atoms with E-state index in [-0.39, 0.29) is 47.0 Å². The van der Waals surface area contributed by atoms with Gasteiger partial charge in [0.15, 0.2) is 0 Å². The van der Waals surface area contributed by atoms with Gasteiger partial charge in [-0.25, -0.2) is 9.59 Å². The molecule has 6 nitrogen and oxygen atoms in total. The maximum Gasteiger partial charge on any atom is 1.00 e. The fraction of sp³-hybridized carbons (Fsp3) is 0.0667. The Hall–Kier alpha value is -1.67. The Morgan fingerprint density at radius 1 is 0.913 bits per heavy atom. The minimum absolute atomic E-state index is 0. The number of methoxy groups -OCH3 is 1. The summed E-state index contributed by atoms with van der Waals surface area (Å²) in [6.45, 7) is 0. The molecule has 0 fully saturated rings. The zero-order valence-corrected chi connectivity index (χ0v) is 15.4. The van der Waals surface area contributed by atoms with Crippen LogP contribution in [0.4, 0.5) is 0 Å². The summed E-state index contributed by atoms with van der Waals surface area (Å²) in [5.41, 5.74) is 0.0523. The molecular formula is C15H13NaO6S. The van der Waals surface area contributed by atoms with Gasteiger partial charge in [-0.05, 0) is 30.3 Å². The first-order valence-corrected chi connectivity index (χ1v) is 7.57. The van der Waals surface area contributed by atoms with E-state index in [2.05, 4.69) is 8.92 Å². The number of hydrogen-bond acceptors (Lipinski definition) is 6. The fourth-order valence-corrected chi connectivity index (χ4v) is 2.56. The van der Waals surface area contributed by atoms with Gasteiger partial charge in [0, 0.05) is 0 Å². The van der Waals surface area contributed by atoms with Crippen LogP contribution in [0.25, 0.3) is 0 Å². The molecule has 23 heavy (non-hydrogen) atoms. The molecule has 116 valence electrons. The third-order valence-electron chi connectivity index (χ3n) is 2.74. The van der Waals surface area contributed by atoms with Crippen molar-refractivity contribution in [2.24, 2.45) is 0 Å². The molecule has 0 amide bonds. The van der Waals surface area contributed by atoms with Crippen molar-refractivity contribution in [3.8, 4) is 0 Å². The molecule has 0 N–H and O–H groups in total. The molecule has 0 spiro atoms. The minimum Gasteiger partial charge on any atom is -1.00 e. The second-order valence-corrected chi connectivity index (χ2v) is 5.76. The van der Waals surface area contributed by atoms with Crippen LogP contribution in [0.2, 0.25) is 0 Å². The van der Waals surface area contributed by atoms with Crippen LogP contribution in [0, 0.1) is 0 Å². The van der Waals surface area contributed by atoms with E-state index >= 15 is 0 Å². The number of ether oxygens (including phenoxy) is 1. The molecule has 2 rings (SSSR count). The van der Waals surface area contributed by atoms with Gasteiger partial charge in [-0.3, -0.25) is 0 Å². The topological polar surface area (TPSA) is 86.7 Å². The van der Waals surface area contributed by atoms with Crippen LogP contribution < -0.4 is 29.6 Å². The van der Waals surface area contributed by atoms with Crippen LogP contribution >= 0.6 is 0 Å². The molecule has 0 saturated heterocycles. The van der Waals surface area contributed by atoms with Crippen LogP contribution in [0.15, 0.2) is 59.5 Å². The van der Waals surface area contributed by atoms with E-state index < -0.39 is 22.1 Å². The van der Waals surface area contributed by atoms with E-state index in [0.717, 1.165) is 0 Å². The van der Waals surface area contributed by atoms with Crippen LogP contribution in [0.1, 0.15) is 22.1 Å². The van der Waals surface area contributed by atoms with E-state index in [0.29, 0.717) is 0 Å². The van der Waals surface area contributed by atoms with Gasteiger partial charge in [0.2, 0.25) is 0 Å². The van der Waals surface area contributed by atoms with Crippen LogP contribution in [0.5, 0.6) is 0 Å². The summed E-state index contributed by atoms with van der Waals surface area (Å²) in [4.78, 5) is 23.2. The Bertz CT molecular complexity index is 808. The van der Waals surface area contributed by atoms with Gasteiger partial charge >= 0.3 is 51.6 Å². The monoisotopic (exact) mass is 344 g/mol. The first-order chi connectivity index (χ1) is 10.4. The molecule has 0 aromatic heterocycles. The smallest absolute Gasteiger partial charge is 1.00 e. The number of rotatable bonds is 4. The molecule has 0 unspecified atom stereocenters. The average Bonchev–Trinajstić information content (AvgIpc) is 2.54. The molecule has 0 heterocycles. The molecule has 2 aromatic rings. The quantitative estimate of drug-likeness (QED) is 0.407. The van der Waals surface area contributed by atoms with Gasteiger partial charge in [-0.1, -0.05) is 24.3 Å². The van der Waals surface area contributed by atoms with Crippen molar-refractivity contribution in [1.29, 1.82) is 0 Å². The predicted octanol–water partition coefficient (Wildman–Crippen LogP) is -0.865. The van der Waals surface area contributed by atoms with E-state index in [1.54, 1.807) is 6.07 Å². The zero-order valence-electron chi connectivity index (χ0n) is 13.6. The standard InChI is InChI=1S/C15H12O6S.Na.H/c1-20-14(16)11-6-5-7-12(10-11)15(17)21-22(18,19)13-8-3-2-4-9-13;;/h2-10H,1H3;;/q;+1;-1. The maximum atomic E-state index is 12.0. The summed E-state index contributed by atoms with van der Waals surface area (Å²) in [7, 11) is -3.01. The molecule has 2 aromatic carbocycles. The van der Waals surface area contributed by atoms with Gasteiger partial charge in [0.05, 0.1) is 18.2 Å². The summed E-state index contributed by atoms with van der Waals surface area (Å²) in [5.74, 6) is -1.71. The van der Waals surface area contributed by atoms with Gasteiger partial charge in [-0.2, -0.15) is 8.42 Å². The summed E-state index contributed by atoms with van der Waals surface area (Å²) in [6, 6.07) is 12.7. The normalized spacial score (nSPS) is 10.3. The predicted molar refractivity (Wildman–Crippen MR) is 77.9 cm³/mol. The Morgan fingerprint density at radius 3 is 2.04 bits per heavy atom. The van der Waals surface area contributed by atoms with Gasteiger partial charge in [0.1, 0.15) is 4.90 Å². The molecule has 0 saturated carbocycles. The second kappa shape index (κ2) is 8.26. The van der Waals surface area contributed by atoms with Crippen LogP contribution in [0.3, 0.4) is 0 Å². The van der Waals surface area contributed by atoms with Gasteiger partial charge < -0.3 is 10.3 Å². The van der Waals surface area contributed by atoms with Crippen LogP contribution in [-0.2, 0) is 19.0 Å². The molecule has 0 radical (unpaired) electrons. The third-order valence-corrected chi connectivity index (χ3v) is 3.96. The molecule has 0 bridgehead atoms. The summed E-state index contributed by atoms with van der Waals surface area (Å²) in [5, 5.41) is 0. The van der Waals surface area contributed by atoms with Crippen molar-refractivity contribution >= 4 is 22.1 Å². The number of benzene rings is 2. The fourth-order valence-electron chi connectivity index (χ4n) is 1.67. The van der Waals surface area contributed by atoms with Crippen molar-refractivity contribution in [2.45, 2.75) is 4.90 Å². The Balaban J connectivity index is 0.00000264. The Morgan fingerprint density at radius 2 is 1.48 bits per heavy atom. The zero-order chi connectivity index (χ0) is 16.2. The Labute approximate surface area is 157 Å². The number of esters is 1. The second-order valence-electron chi connectivity index (χ2n) is 4.21. The third kappa shape index (κ3) is 4.90. The summed E-state index contributed by atoms with van der Waals surface area (Å²) < 4.78 is 33.0. The van der Waals surface area contributed by atoms with Crippen molar-refractivity contribution in [3.63, 3.8) is 0 Å². The molecule has 8 heteroatoms. The Kier molecular flexibility index (Phi) is 6.96. The van der Waals surface area contributed by atoms with E-state index in [1.165, 1.54) is 55.6 Å². The van der Waals surface area contributed by atoms with Gasteiger partial charge in [0.25, 0.3) is 0 Å². The summed E-state index contributed by atoms with van der Waals surface area (Å²) in [6.07, 6.45) is 0. The molecular weight excluding hydrogens is 331 g/mol. The molecule has 0 atom stereocenters. The maximum absolute atomic E-state index is 12.0. The van der Waals surface area contributed by atoms with Crippen molar-refractivity contribution < 1.29 is 57.9 Å². The minimum atomic E-state index is -4.21. The largest absolute Gasteiger partial charge is 1.00 e. The van der Waals surface area contributed by atoms with Crippen molar-refractivity contribution in [2.75, 3.05) is 7.11 Å². The number of carbonyl (C=O) groups excluding carboxylic acids is 2. The van der Waals surface area contributed by atoms with Gasteiger partial charge in [-0.15, -0.1) is 0 Å². The SMILES string of the molecule is COC(=O)c1cccc(C(=O)OS(=O)(=O)c2ccccc2)c1.[H-].[Na+]. The first-order valence-electron chi connectivity index (χ1n) is 6.16. The van der Waals surface area contributed by atoms with Crippen molar-refractivity contribution in [1.82, 2.24) is 0 Å². The molecule has 0 aliphatic rings. The number of carbonyl (C=O) groups is 2. The van der Waals surface area contributed by atoms with Crippen molar-refractivity contribution in [3.05, 3.63) is 65.7 Å². The average molecular weight is 344 g/mol. The van der Waals surface area contributed by atoms with E-state index in [9.17, 15) is 18.0 Å². The number of hydrogen-bond donors (Lipinski definition) is 0. The molecule has 0 aliphatic carbocycles. The first kappa shape index (κ1) is 19.4. The molecule has 0 aliphatic heterocycles. The van der Waals surface area contributed by atoms with E-state index in [4.69, 9.17) is 0 Å². The van der Waals surface area contributed by atoms with E-state index in [1.807, 2.05) is 0 Å².